The summed E-state index contributed by atoms with van der Waals surface area (Å²) in [6.07, 6.45) is 4.00. The number of ether oxygens (including phenoxy) is 1. The summed E-state index contributed by atoms with van der Waals surface area (Å²) in [6.45, 7) is 9.79. The lowest BCUT2D eigenvalue weighted by atomic mass is 9.86. The van der Waals surface area contributed by atoms with Crippen LogP contribution in [-0.4, -0.2) is 55.8 Å². The lowest BCUT2D eigenvalue weighted by molar-refractivity contribution is -0.0496. The molecular weight excluding hydrogens is 240 g/mol. The third-order valence-corrected chi connectivity index (χ3v) is 4.25. The molecule has 0 atom stereocenters. The van der Waals surface area contributed by atoms with Crippen molar-refractivity contribution in [2.75, 3.05) is 39.4 Å². The highest BCUT2D eigenvalue weighted by Crippen LogP contribution is 2.26. The largest absolute Gasteiger partial charge is 0.378 e. The molecule has 0 unspecified atom stereocenters. The zero-order chi connectivity index (χ0) is 13.7. The molecule has 1 aliphatic carbocycles. The Bertz CT molecular complexity index is 313. The van der Waals surface area contributed by atoms with Crippen LogP contribution in [-0.2, 0) is 4.74 Å². The van der Waals surface area contributed by atoms with Crippen molar-refractivity contribution in [3.05, 3.63) is 0 Å². The molecule has 1 heterocycles. The van der Waals surface area contributed by atoms with Crippen LogP contribution in [0.1, 0.15) is 33.1 Å². The Kier molecular flexibility index (Phi) is 5.05. The van der Waals surface area contributed by atoms with E-state index in [9.17, 15) is 0 Å². The average Bonchev–Trinajstić information content (AvgIpc) is 2.29. The van der Waals surface area contributed by atoms with Crippen LogP contribution in [0.15, 0.2) is 4.99 Å². The zero-order valence-electron chi connectivity index (χ0n) is 12.3. The molecule has 0 radical (unpaired) electrons. The third-order valence-electron chi connectivity index (χ3n) is 4.25. The van der Waals surface area contributed by atoms with Crippen LogP contribution in [0, 0.1) is 5.92 Å². The van der Waals surface area contributed by atoms with Gasteiger partial charge in [0.15, 0.2) is 5.96 Å². The maximum Gasteiger partial charge on any atom is 0.188 e. The van der Waals surface area contributed by atoms with Crippen molar-refractivity contribution in [3.63, 3.8) is 0 Å². The Labute approximate surface area is 116 Å². The number of hydrogen-bond acceptors (Lipinski definition) is 3. The summed E-state index contributed by atoms with van der Waals surface area (Å²) in [6, 6.07) is 0. The van der Waals surface area contributed by atoms with E-state index in [0.29, 0.717) is 5.96 Å². The Morgan fingerprint density at radius 1 is 1.47 bits per heavy atom. The maximum atomic E-state index is 5.88. The van der Waals surface area contributed by atoms with Crippen molar-refractivity contribution < 1.29 is 4.74 Å². The number of aliphatic imine (C=N–C) groups is 1. The normalized spacial score (nSPS) is 25.1. The minimum absolute atomic E-state index is 0.123. The molecule has 1 saturated heterocycles. The van der Waals surface area contributed by atoms with Crippen LogP contribution in [0.2, 0.25) is 0 Å². The van der Waals surface area contributed by atoms with E-state index in [1.807, 2.05) is 0 Å². The summed E-state index contributed by atoms with van der Waals surface area (Å²) < 4.78 is 5.52. The molecule has 0 bridgehead atoms. The SMILES string of the molecule is CC1(C)COCCN1CCNC(N)=NCC1CCC1. The van der Waals surface area contributed by atoms with E-state index >= 15 is 0 Å². The van der Waals surface area contributed by atoms with Gasteiger partial charge in [-0.25, -0.2) is 0 Å². The zero-order valence-corrected chi connectivity index (χ0v) is 12.3. The fourth-order valence-corrected chi connectivity index (χ4v) is 2.58. The first-order chi connectivity index (χ1) is 9.08. The molecule has 0 amide bonds. The van der Waals surface area contributed by atoms with E-state index in [-0.39, 0.29) is 5.54 Å². The maximum absolute atomic E-state index is 5.88. The predicted octanol–water partition coefficient (Wildman–Crippen LogP) is 0.802. The summed E-state index contributed by atoms with van der Waals surface area (Å²) in [4.78, 5) is 6.85. The van der Waals surface area contributed by atoms with Crippen LogP contribution in [0.4, 0.5) is 0 Å². The van der Waals surface area contributed by atoms with Crippen LogP contribution in [0.5, 0.6) is 0 Å². The Balaban J connectivity index is 1.64. The van der Waals surface area contributed by atoms with Crippen molar-refractivity contribution in [2.45, 2.75) is 38.6 Å². The summed E-state index contributed by atoms with van der Waals surface area (Å²) in [5.41, 5.74) is 6.00. The van der Waals surface area contributed by atoms with Crippen molar-refractivity contribution in [3.8, 4) is 0 Å². The third kappa shape index (κ3) is 4.35. The molecule has 1 aliphatic heterocycles. The second kappa shape index (κ2) is 6.57. The van der Waals surface area contributed by atoms with Gasteiger partial charge in [0, 0.05) is 31.7 Å². The molecule has 110 valence electrons. The first-order valence-electron chi connectivity index (χ1n) is 7.44. The molecule has 0 spiro atoms. The van der Waals surface area contributed by atoms with Crippen LogP contribution < -0.4 is 11.1 Å². The number of nitrogens with zero attached hydrogens (tertiary/aromatic N) is 2. The molecule has 0 aromatic rings. The van der Waals surface area contributed by atoms with Gasteiger partial charge in [-0.2, -0.15) is 0 Å². The fraction of sp³-hybridized carbons (Fsp3) is 0.929. The van der Waals surface area contributed by atoms with Gasteiger partial charge in [0.25, 0.3) is 0 Å². The monoisotopic (exact) mass is 268 g/mol. The lowest BCUT2D eigenvalue weighted by Crippen LogP contribution is -2.55. The second-order valence-corrected chi connectivity index (χ2v) is 6.30. The van der Waals surface area contributed by atoms with Crippen LogP contribution in [0.25, 0.3) is 0 Å². The standard InChI is InChI=1S/C14H28N4O/c1-14(2)11-19-9-8-18(14)7-6-16-13(15)17-10-12-4-3-5-12/h12H,3-11H2,1-2H3,(H3,15,16,17). The van der Waals surface area contributed by atoms with Crippen molar-refractivity contribution >= 4 is 5.96 Å². The molecule has 2 aliphatic rings. The number of hydrogen-bond donors (Lipinski definition) is 2. The molecule has 19 heavy (non-hydrogen) atoms. The molecule has 1 saturated carbocycles. The van der Waals surface area contributed by atoms with Gasteiger partial charge in [0.2, 0.25) is 0 Å². The second-order valence-electron chi connectivity index (χ2n) is 6.30. The van der Waals surface area contributed by atoms with Gasteiger partial charge < -0.3 is 15.8 Å². The Morgan fingerprint density at radius 2 is 2.26 bits per heavy atom. The van der Waals surface area contributed by atoms with Gasteiger partial charge in [-0.3, -0.25) is 9.89 Å². The molecule has 2 rings (SSSR count). The van der Waals surface area contributed by atoms with Gasteiger partial charge in [-0.15, -0.1) is 0 Å². The van der Waals surface area contributed by atoms with E-state index in [4.69, 9.17) is 10.5 Å². The Morgan fingerprint density at radius 3 is 2.89 bits per heavy atom. The minimum Gasteiger partial charge on any atom is -0.378 e. The van der Waals surface area contributed by atoms with E-state index < -0.39 is 0 Å². The van der Waals surface area contributed by atoms with E-state index in [2.05, 4.69) is 29.1 Å². The highest BCUT2D eigenvalue weighted by molar-refractivity contribution is 5.77. The van der Waals surface area contributed by atoms with Gasteiger partial charge >= 0.3 is 0 Å². The molecule has 5 nitrogen and oxygen atoms in total. The van der Waals surface area contributed by atoms with Crippen molar-refractivity contribution in [2.24, 2.45) is 16.6 Å². The molecular formula is C14H28N4O. The summed E-state index contributed by atoms with van der Waals surface area (Å²) in [7, 11) is 0. The van der Waals surface area contributed by atoms with Gasteiger partial charge in [0.05, 0.1) is 13.2 Å². The van der Waals surface area contributed by atoms with E-state index in [1.165, 1.54) is 19.3 Å². The molecule has 5 heteroatoms. The van der Waals surface area contributed by atoms with Gasteiger partial charge in [-0.1, -0.05) is 6.42 Å². The summed E-state index contributed by atoms with van der Waals surface area (Å²) in [5.74, 6) is 1.37. The molecule has 0 aromatic heterocycles. The fourth-order valence-electron chi connectivity index (χ4n) is 2.58. The highest BCUT2D eigenvalue weighted by Gasteiger charge is 2.29. The van der Waals surface area contributed by atoms with Crippen molar-refractivity contribution in [1.29, 1.82) is 0 Å². The van der Waals surface area contributed by atoms with Crippen molar-refractivity contribution in [1.82, 2.24) is 10.2 Å². The number of nitrogens with two attached hydrogens (primary N) is 1. The van der Waals surface area contributed by atoms with E-state index in [0.717, 1.165) is 45.3 Å². The molecule has 2 fully saturated rings. The lowest BCUT2D eigenvalue weighted by Gasteiger charge is -2.42. The topological polar surface area (TPSA) is 62.9 Å². The van der Waals surface area contributed by atoms with Crippen LogP contribution in [0.3, 0.4) is 0 Å². The van der Waals surface area contributed by atoms with Gasteiger partial charge in [-0.05, 0) is 32.6 Å². The number of rotatable bonds is 5. The highest BCUT2D eigenvalue weighted by atomic mass is 16.5. The summed E-state index contributed by atoms with van der Waals surface area (Å²) in [5, 5.41) is 3.22. The summed E-state index contributed by atoms with van der Waals surface area (Å²) >= 11 is 0. The number of morpholine rings is 1. The number of nitrogens with one attached hydrogen (secondary N) is 1. The van der Waals surface area contributed by atoms with Gasteiger partial charge in [0.1, 0.15) is 0 Å². The van der Waals surface area contributed by atoms with E-state index in [1.54, 1.807) is 0 Å². The molecule has 3 N–H and O–H groups in total. The Hall–Kier alpha value is -0.810. The first kappa shape index (κ1) is 14.6. The smallest absolute Gasteiger partial charge is 0.188 e. The number of guanidine groups is 1. The quantitative estimate of drug-likeness (QED) is 0.572. The minimum atomic E-state index is 0.123. The first-order valence-corrected chi connectivity index (χ1v) is 7.44. The average molecular weight is 268 g/mol. The predicted molar refractivity (Wildman–Crippen MR) is 78.3 cm³/mol. The van der Waals surface area contributed by atoms with Crippen LogP contribution >= 0.6 is 0 Å². The molecule has 0 aromatic carbocycles.